The van der Waals surface area contributed by atoms with Gasteiger partial charge in [-0.2, -0.15) is 0 Å². The molecule has 0 unspecified atom stereocenters. The van der Waals surface area contributed by atoms with Crippen molar-refractivity contribution in [3.63, 3.8) is 0 Å². The van der Waals surface area contributed by atoms with Gasteiger partial charge in [-0.1, -0.05) is 36.4 Å². The van der Waals surface area contributed by atoms with Crippen LogP contribution in [0.25, 0.3) is 5.65 Å². The summed E-state index contributed by atoms with van der Waals surface area (Å²) in [5, 5.41) is 10.3. The highest BCUT2D eigenvalue weighted by atomic mass is 16.3. The van der Waals surface area contributed by atoms with E-state index < -0.39 is 5.60 Å². The number of imidazole rings is 1. The van der Waals surface area contributed by atoms with Gasteiger partial charge in [0.05, 0.1) is 11.8 Å². The molecule has 5 nitrogen and oxygen atoms in total. The maximum atomic E-state index is 13.2. The first kappa shape index (κ1) is 17.2. The summed E-state index contributed by atoms with van der Waals surface area (Å²) in [5.74, 6) is -0.149. The lowest BCUT2D eigenvalue weighted by Crippen LogP contribution is -2.42. The molecule has 1 aromatic carbocycles. The van der Waals surface area contributed by atoms with Gasteiger partial charge in [0.2, 0.25) is 0 Å². The maximum Gasteiger partial charge on any atom is 0.272 e. The number of pyridine rings is 1. The molecule has 2 heterocycles. The number of fused-ring (bicyclic) bond motifs is 1. The van der Waals surface area contributed by atoms with Gasteiger partial charge in [0, 0.05) is 19.3 Å². The Morgan fingerprint density at radius 3 is 2.60 bits per heavy atom. The molecular formula is C20H23N3O2. The SMILES string of the molecule is Cc1ccc2ncc(C(=O)N(Cc3ccccc3)CC(C)(C)O)n2c1. The summed E-state index contributed by atoms with van der Waals surface area (Å²) in [6, 6.07) is 13.6. The Bertz CT molecular complexity index is 879. The lowest BCUT2D eigenvalue weighted by atomic mass is 10.1. The van der Waals surface area contributed by atoms with Crippen molar-refractivity contribution >= 4 is 11.6 Å². The molecule has 0 aliphatic rings. The van der Waals surface area contributed by atoms with Crippen molar-refractivity contribution in [1.29, 1.82) is 0 Å². The molecule has 1 amide bonds. The van der Waals surface area contributed by atoms with Crippen molar-refractivity contribution in [1.82, 2.24) is 14.3 Å². The quantitative estimate of drug-likeness (QED) is 0.778. The van der Waals surface area contributed by atoms with Crippen molar-refractivity contribution in [2.75, 3.05) is 6.54 Å². The van der Waals surface area contributed by atoms with Gasteiger partial charge in [0.25, 0.3) is 5.91 Å². The van der Waals surface area contributed by atoms with Gasteiger partial charge in [0.15, 0.2) is 0 Å². The Morgan fingerprint density at radius 1 is 1.20 bits per heavy atom. The van der Waals surface area contributed by atoms with Crippen LogP contribution in [0, 0.1) is 6.92 Å². The minimum absolute atomic E-state index is 0.149. The van der Waals surface area contributed by atoms with Crippen molar-refractivity contribution in [3.8, 4) is 0 Å². The van der Waals surface area contributed by atoms with Crippen molar-refractivity contribution in [3.05, 3.63) is 71.7 Å². The fourth-order valence-electron chi connectivity index (χ4n) is 2.88. The van der Waals surface area contributed by atoms with Crippen molar-refractivity contribution in [2.45, 2.75) is 32.9 Å². The summed E-state index contributed by atoms with van der Waals surface area (Å²) in [7, 11) is 0. The monoisotopic (exact) mass is 337 g/mol. The predicted octanol–water partition coefficient (Wildman–Crippen LogP) is 3.06. The van der Waals surface area contributed by atoms with Gasteiger partial charge >= 0.3 is 0 Å². The second-order valence-corrected chi connectivity index (χ2v) is 7.04. The van der Waals surface area contributed by atoms with Gasteiger partial charge < -0.3 is 10.0 Å². The van der Waals surface area contributed by atoms with Crippen LogP contribution in [0.5, 0.6) is 0 Å². The smallest absolute Gasteiger partial charge is 0.272 e. The molecule has 0 aliphatic heterocycles. The van der Waals surface area contributed by atoms with Gasteiger partial charge in [-0.3, -0.25) is 9.20 Å². The molecule has 0 radical (unpaired) electrons. The van der Waals surface area contributed by atoms with Gasteiger partial charge in [-0.25, -0.2) is 4.98 Å². The summed E-state index contributed by atoms with van der Waals surface area (Å²) in [4.78, 5) is 19.2. The molecule has 3 rings (SSSR count). The molecule has 0 atom stereocenters. The number of amides is 1. The lowest BCUT2D eigenvalue weighted by Gasteiger charge is -2.29. The van der Waals surface area contributed by atoms with E-state index in [1.54, 1.807) is 29.3 Å². The third-order valence-corrected chi connectivity index (χ3v) is 3.95. The largest absolute Gasteiger partial charge is 0.389 e. The zero-order chi connectivity index (χ0) is 18.0. The van der Waals surface area contributed by atoms with Crippen LogP contribution in [0.4, 0.5) is 0 Å². The molecule has 0 fully saturated rings. The number of rotatable bonds is 5. The van der Waals surface area contributed by atoms with E-state index in [0.717, 1.165) is 16.8 Å². The number of aliphatic hydroxyl groups is 1. The van der Waals surface area contributed by atoms with Crippen LogP contribution in [0.2, 0.25) is 0 Å². The van der Waals surface area contributed by atoms with Crippen LogP contribution in [-0.2, 0) is 6.54 Å². The normalized spacial score (nSPS) is 11.7. The predicted molar refractivity (Wildman–Crippen MR) is 97.4 cm³/mol. The summed E-state index contributed by atoms with van der Waals surface area (Å²) in [6.07, 6.45) is 3.50. The minimum atomic E-state index is -0.985. The van der Waals surface area contributed by atoms with E-state index in [1.807, 2.05) is 55.6 Å². The van der Waals surface area contributed by atoms with Gasteiger partial charge in [-0.05, 0) is 38.0 Å². The summed E-state index contributed by atoms with van der Waals surface area (Å²) < 4.78 is 1.81. The molecular weight excluding hydrogens is 314 g/mol. The van der Waals surface area contributed by atoms with E-state index in [4.69, 9.17) is 0 Å². The third-order valence-electron chi connectivity index (χ3n) is 3.95. The Balaban J connectivity index is 1.96. The molecule has 25 heavy (non-hydrogen) atoms. The first-order valence-corrected chi connectivity index (χ1v) is 8.33. The molecule has 1 N–H and O–H groups in total. The van der Waals surface area contributed by atoms with E-state index in [9.17, 15) is 9.90 Å². The molecule has 0 aliphatic carbocycles. The number of aryl methyl sites for hydroxylation is 1. The van der Waals surface area contributed by atoms with Crippen LogP contribution in [0.1, 0.15) is 35.5 Å². The highest BCUT2D eigenvalue weighted by molar-refractivity contribution is 5.93. The number of aromatic nitrogens is 2. The standard InChI is InChI=1S/C20H23N3O2/c1-15-9-10-18-21-11-17(23(18)12-15)19(24)22(14-20(2,3)25)13-16-7-5-4-6-8-16/h4-12,25H,13-14H2,1-3H3. The summed E-state index contributed by atoms with van der Waals surface area (Å²) in [5.41, 5.74) is 2.32. The fraction of sp³-hybridized carbons (Fsp3) is 0.300. The highest BCUT2D eigenvalue weighted by Gasteiger charge is 2.25. The number of nitrogens with zero attached hydrogens (tertiary/aromatic N) is 3. The van der Waals surface area contributed by atoms with E-state index >= 15 is 0 Å². The van der Waals surface area contributed by atoms with Crippen LogP contribution >= 0.6 is 0 Å². The van der Waals surface area contributed by atoms with Crippen LogP contribution in [-0.4, -0.2) is 37.4 Å². The fourth-order valence-corrected chi connectivity index (χ4v) is 2.88. The number of hydrogen-bond donors (Lipinski definition) is 1. The topological polar surface area (TPSA) is 57.8 Å². The van der Waals surface area contributed by atoms with Crippen LogP contribution in [0.3, 0.4) is 0 Å². The van der Waals surface area contributed by atoms with Gasteiger partial charge in [-0.15, -0.1) is 0 Å². The molecule has 3 aromatic rings. The molecule has 5 heteroatoms. The summed E-state index contributed by atoms with van der Waals surface area (Å²) >= 11 is 0. The Kier molecular flexibility index (Phi) is 4.59. The molecule has 0 saturated heterocycles. The molecule has 0 spiro atoms. The Morgan fingerprint density at radius 2 is 1.92 bits per heavy atom. The first-order valence-electron chi connectivity index (χ1n) is 8.33. The zero-order valence-electron chi connectivity index (χ0n) is 14.8. The van der Waals surface area contributed by atoms with Crippen molar-refractivity contribution < 1.29 is 9.90 Å². The Labute approximate surface area is 147 Å². The lowest BCUT2D eigenvalue weighted by molar-refractivity contribution is 0.0276. The van der Waals surface area contributed by atoms with Crippen LogP contribution in [0.15, 0.2) is 54.9 Å². The van der Waals surface area contributed by atoms with Crippen LogP contribution < -0.4 is 0 Å². The Hall–Kier alpha value is -2.66. The third kappa shape index (κ3) is 4.06. The summed E-state index contributed by atoms with van der Waals surface area (Å²) in [6.45, 7) is 6.06. The molecule has 2 aromatic heterocycles. The first-order chi connectivity index (χ1) is 11.8. The van der Waals surface area contributed by atoms with E-state index in [-0.39, 0.29) is 12.5 Å². The average molecular weight is 337 g/mol. The zero-order valence-corrected chi connectivity index (χ0v) is 14.8. The molecule has 130 valence electrons. The van der Waals surface area contributed by atoms with E-state index in [2.05, 4.69) is 4.98 Å². The number of carbonyl (C=O) groups excluding carboxylic acids is 1. The molecule has 0 saturated carbocycles. The molecule has 0 bridgehead atoms. The number of benzene rings is 1. The van der Waals surface area contributed by atoms with Gasteiger partial charge in [0.1, 0.15) is 11.3 Å². The number of hydrogen-bond acceptors (Lipinski definition) is 3. The maximum absolute atomic E-state index is 13.2. The minimum Gasteiger partial charge on any atom is -0.389 e. The average Bonchev–Trinajstić information content (AvgIpc) is 2.96. The van der Waals surface area contributed by atoms with Crippen molar-refractivity contribution in [2.24, 2.45) is 0 Å². The van der Waals surface area contributed by atoms with E-state index in [1.165, 1.54) is 0 Å². The second kappa shape index (κ2) is 6.69. The second-order valence-electron chi connectivity index (χ2n) is 7.04. The van der Waals surface area contributed by atoms with E-state index in [0.29, 0.717) is 12.2 Å². The number of carbonyl (C=O) groups is 1. The highest BCUT2D eigenvalue weighted by Crippen LogP contribution is 2.16.